The van der Waals surface area contributed by atoms with Crippen LogP contribution in [0.1, 0.15) is 97.3 Å². The molecule has 4 nitrogen and oxygen atoms in total. The van der Waals surface area contributed by atoms with Crippen LogP contribution < -0.4 is 0 Å². The molecule has 2 heterocycles. The lowest BCUT2D eigenvalue weighted by Crippen LogP contribution is -2.46. The van der Waals surface area contributed by atoms with Gasteiger partial charge >= 0.3 is 0 Å². The predicted molar refractivity (Wildman–Crippen MR) is 141 cm³/mol. The number of hydrogen-bond donors (Lipinski definition) is 0. The van der Waals surface area contributed by atoms with Crippen LogP contribution in [-0.2, 0) is 0 Å². The van der Waals surface area contributed by atoms with Crippen molar-refractivity contribution < 1.29 is 0 Å². The van der Waals surface area contributed by atoms with E-state index in [4.69, 9.17) is 0 Å². The second-order valence-corrected chi connectivity index (χ2v) is 10.4. The van der Waals surface area contributed by atoms with Crippen molar-refractivity contribution in [1.82, 2.24) is 19.6 Å². The highest BCUT2D eigenvalue weighted by Crippen LogP contribution is 2.11. The lowest BCUT2D eigenvalue weighted by molar-refractivity contribution is 0.129. The molecule has 2 aliphatic rings. The van der Waals surface area contributed by atoms with Crippen LogP contribution in [0.15, 0.2) is 0 Å². The Morgan fingerprint density at radius 2 is 0.719 bits per heavy atom. The van der Waals surface area contributed by atoms with Crippen LogP contribution in [0, 0.1) is 6.42 Å². The zero-order valence-electron chi connectivity index (χ0n) is 22.0. The molecule has 0 aromatic heterocycles. The standard InChI is InChI=1S/C28H57N4/c1-3-5-7-14-18-30-25-27-32(28-26-30)20-16-12-10-8-9-11-15-19-31-23-21-29(22-24-31)17-13-6-4-2/h8H,3-7,9-28H2,1-2H3. The third-order valence-electron chi connectivity index (χ3n) is 7.60. The van der Waals surface area contributed by atoms with Gasteiger partial charge in [0.1, 0.15) is 0 Å². The highest BCUT2D eigenvalue weighted by Gasteiger charge is 2.16. The average molecular weight is 450 g/mol. The van der Waals surface area contributed by atoms with Crippen molar-refractivity contribution in [3.05, 3.63) is 6.42 Å². The van der Waals surface area contributed by atoms with Crippen LogP contribution in [-0.4, -0.2) is 98.1 Å². The first-order valence-corrected chi connectivity index (χ1v) is 14.5. The summed E-state index contributed by atoms with van der Waals surface area (Å²) in [5.41, 5.74) is 0. The van der Waals surface area contributed by atoms with E-state index in [9.17, 15) is 0 Å². The molecule has 0 bridgehead atoms. The zero-order chi connectivity index (χ0) is 22.7. The van der Waals surface area contributed by atoms with Gasteiger partial charge in [-0.15, -0.1) is 0 Å². The molecule has 189 valence electrons. The van der Waals surface area contributed by atoms with Gasteiger partial charge in [0.2, 0.25) is 0 Å². The Labute approximate surface area is 202 Å². The minimum atomic E-state index is 1.29. The Bertz CT molecular complexity index is 400. The van der Waals surface area contributed by atoms with Crippen LogP contribution in [0.3, 0.4) is 0 Å². The van der Waals surface area contributed by atoms with Crippen molar-refractivity contribution in [2.45, 2.75) is 97.3 Å². The summed E-state index contributed by atoms with van der Waals surface area (Å²) in [4.78, 5) is 10.8. The van der Waals surface area contributed by atoms with E-state index < -0.39 is 0 Å². The van der Waals surface area contributed by atoms with Gasteiger partial charge in [-0.1, -0.05) is 71.6 Å². The molecule has 0 aliphatic carbocycles. The van der Waals surface area contributed by atoms with E-state index in [1.807, 2.05) is 0 Å². The fourth-order valence-electron chi connectivity index (χ4n) is 5.21. The van der Waals surface area contributed by atoms with Crippen LogP contribution in [0.5, 0.6) is 0 Å². The number of nitrogens with zero attached hydrogens (tertiary/aromatic N) is 4. The normalized spacial score (nSPS) is 19.7. The SMILES string of the molecule is CCCCCCN1CCN(CCCC[CH]CCCCN2CCN(CCCCC)CC2)CC1. The van der Waals surface area contributed by atoms with E-state index in [-0.39, 0.29) is 0 Å². The van der Waals surface area contributed by atoms with Crippen LogP contribution in [0.4, 0.5) is 0 Å². The van der Waals surface area contributed by atoms with Crippen LogP contribution in [0.2, 0.25) is 0 Å². The first-order valence-electron chi connectivity index (χ1n) is 14.5. The summed E-state index contributed by atoms with van der Waals surface area (Å²) in [5, 5.41) is 0. The van der Waals surface area contributed by atoms with Crippen molar-refractivity contribution >= 4 is 0 Å². The minimum Gasteiger partial charge on any atom is -0.301 e. The summed E-state index contributed by atoms with van der Waals surface area (Å²) in [5.74, 6) is 0. The summed E-state index contributed by atoms with van der Waals surface area (Å²) in [7, 11) is 0. The monoisotopic (exact) mass is 449 g/mol. The van der Waals surface area contributed by atoms with Crippen LogP contribution >= 0.6 is 0 Å². The van der Waals surface area contributed by atoms with E-state index >= 15 is 0 Å². The largest absolute Gasteiger partial charge is 0.301 e. The summed E-state index contributed by atoms with van der Waals surface area (Å²) in [6.07, 6.45) is 20.5. The van der Waals surface area contributed by atoms with E-state index in [1.165, 1.54) is 162 Å². The first kappa shape index (κ1) is 28.1. The van der Waals surface area contributed by atoms with Crippen molar-refractivity contribution in [3.8, 4) is 0 Å². The molecule has 0 N–H and O–H groups in total. The molecule has 0 aromatic rings. The fraction of sp³-hybridized carbons (Fsp3) is 0.964. The van der Waals surface area contributed by atoms with Crippen molar-refractivity contribution in [2.75, 3.05) is 78.5 Å². The molecule has 32 heavy (non-hydrogen) atoms. The lowest BCUT2D eigenvalue weighted by Gasteiger charge is -2.34. The Balaban J connectivity index is 1.31. The second-order valence-electron chi connectivity index (χ2n) is 10.4. The maximum absolute atomic E-state index is 2.70. The molecule has 2 rings (SSSR count). The van der Waals surface area contributed by atoms with Gasteiger partial charge in [0, 0.05) is 52.4 Å². The quantitative estimate of drug-likeness (QED) is 0.240. The smallest absolute Gasteiger partial charge is 0.0110 e. The average Bonchev–Trinajstić information content (AvgIpc) is 2.83. The summed E-state index contributed by atoms with van der Waals surface area (Å²) >= 11 is 0. The molecule has 4 heteroatoms. The van der Waals surface area contributed by atoms with Crippen molar-refractivity contribution in [1.29, 1.82) is 0 Å². The first-order chi connectivity index (χ1) is 15.8. The zero-order valence-corrected chi connectivity index (χ0v) is 22.0. The number of hydrogen-bond acceptors (Lipinski definition) is 4. The molecule has 0 saturated carbocycles. The molecule has 0 spiro atoms. The second kappa shape index (κ2) is 19.2. The van der Waals surface area contributed by atoms with Gasteiger partial charge in [-0.05, 0) is 58.3 Å². The summed E-state index contributed by atoms with van der Waals surface area (Å²) < 4.78 is 0. The minimum absolute atomic E-state index is 1.29. The number of unbranched alkanes of at least 4 members (excludes halogenated alkanes) is 11. The summed E-state index contributed by atoms with van der Waals surface area (Å²) in [6.45, 7) is 20.3. The fourth-order valence-corrected chi connectivity index (χ4v) is 5.21. The Morgan fingerprint density at radius 1 is 0.406 bits per heavy atom. The third kappa shape index (κ3) is 13.5. The molecular weight excluding hydrogens is 392 g/mol. The molecule has 0 unspecified atom stereocenters. The molecule has 0 amide bonds. The van der Waals surface area contributed by atoms with E-state index in [0.29, 0.717) is 0 Å². The van der Waals surface area contributed by atoms with Gasteiger partial charge in [-0.3, -0.25) is 0 Å². The molecule has 2 aliphatic heterocycles. The van der Waals surface area contributed by atoms with Gasteiger partial charge in [0.05, 0.1) is 0 Å². The molecule has 2 fully saturated rings. The van der Waals surface area contributed by atoms with Crippen LogP contribution in [0.25, 0.3) is 0 Å². The van der Waals surface area contributed by atoms with Gasteiger partial charge in [-0.2, -0.15) is 0 Å². The highest BCUT2D eigenvalue weighted by atomic mass is 15.3. The van der Waals surface area contributed by atoms with E-state index in [0.717, 1.165) is 0 Å². The maximum atomic E-state index is 2.70. The van der Waals surface area contributed by atoms with Gasteiger partial charge in [0.15, 0.2) is 0 Å². The molecule has 0 aromatic carbocycles. The molecule has 2 saturated heterocycles. The number of rotatable bonds is 19. The van der Waals surface area contributed by atoms with Crippen molar-refractivity contribution in [2.24, 2.45) is 0 Å². The topological polar surface area (TPSA) is 13.0 Å². The van der Waals surface area contributed by atoms with E-state index in [1.54, 1.807) is 0 Å². The summed E-state index contributed by atoms with van der Waals surface area (Å²) in [6, 6.07) is 0. The van der Waals surface area contributed by atoms with E-state index in [2.05, 4.69) is 39.9 Å². The molecule has 1 radical (unpaired) electrons. The Kier molecular flexibility index (Phi) is 16.8. The molecule has 0 atom stereocenters. The highest BCUT2D eigenvalue weighted by molar-refractivity contribution is 4.74. The maximum Gasteiger partial charge on any atom is 0.0110 e. The van der Waals surface area contributed by atoms with Crippen molar-refractivity contribution in [3.63, 3.8) is 0 Å². The number of piperazine rings is 2. The Hall–Kier alpha value is -0.160. The molecular formula is C28H57N4. The lowest BCUT2D eigenvalue weighted by atomic mass is 10.1. The predicted octanol–water partition coefficient (Wildman–Crippen LogP) is 5.54. The van der Waals surface area contributed by atoms with Gasteiger partial charge in [-0.25, -0.2) is 0 Å². The Morgan fingerprint density at radius 3 is 1.09 bits per heavy atom. The third-order valence-corrected chi connectivity index (χ3v) is 7.60. The van der Waals surface area contributed by atoms with Gasteiger partial charge in [0.25, 0.3) is 0 Å². The van der Waals surface area contributed by atoms with Gasteiger partial charge < -0.3 is 19.6 Å².